The predicted molar refractivity (Wildman–Crippen MR) is 103 cm³/mol. The summed E-state index contributed by atoms with van der Waals surface area (Å²) in [5.41, 5.74) is 2.50. The summed E-state index contributed by atoms with van der Waals surface area (Å²) in [5.74, 6) is 0.188. The number of hydrogen-bond donors (Lipinski definition) is 1. The number of fused-ring (bicyclic) bond motifs is 1. The maximum absolute atomic E-state index is 13.7. The van der Waals surface area contributed by atoms with E-state index in [0.717, 1.165) is 11.1 Å². The van der Waals surface area contributed by atoms with Crippen LogP contribution in [0.4, 0.5) is 23.2 Å². The Morgan fingerprint density at radius 1 is 0.867 bits per heavy atom. The van der Waals surface area contributed by atoms with E-state index in [9.17, 15) is 17.6 Å². The lowest BCUT2D eigenvalue weighted by molar-refractivity contribution is -0.0999. The van der Waals surface area contributed by atoms with Gasteiger partial charge in [-0.15, -0.1) is 10.2 Å². The molecule has 154 valence electrons. The molecule has 0 saturated carbocycles. The quantitative estimate of drug-likeness (QED) is 0.347. The molecule has 5 nitrogen and oxygen atoms in total. The number of pyridine rings is 1. The number of aromatic nitrogens is 3. The van der Waals surface area contributed by atoms with Crippen molar-refractivity contribution in [2.75, 3.05) is 5.32 Å². The second kappa shape index (κ2) is 8.11. The number of alkyl halides is 3. The van der Waals surface area contributed by atoms with Gasteiger partial charge in [0.25, 0.3) is 0 Å². The van der Waals surface area contributed by atoms with Gasteiger partial charge in [0.15, 0.2) is 11.5 Å². The number of benzene rings is 2. The molecular formula is C21H16F4N4O. The zero-order chi connectivity index (χ0) is 21.1. The molecule has 2 heterocycles. The maximum Gasteiger partial charge on any atom is 0.482 e. The highest BCUT2D eigenvalue weighted by atomic mass is 19.4. The normalized spacial score (nSPS) is 11.7. The van der Waals surface area contributed by atoms with Gasteiger partial charge in [0, 0.05) is 17.4 Å². The lowest BCUT2D eigenvalue weighted by Gasteiger charge is -2.10. The molecule has 0 aliphatic rings. The minimum absolute atomic E-state index is 0.0427. The van der Waals surface area contributed by atoms with Crippen LogP contribution in [-0.2, 0) is 18.0 Å². The third-order valence-corrected chi connectivity index (χ3v) is 4.42. The summed E-state index contributed by atoms with van der Waals surface area (Å²) in [4.78, 5) is 0. The maximum atomic E-state index is 13.7. The van der Waals surface area contributed by atoms with E-state index in [1.54, 1.807) is 53.1 Å². The molecule has 0 saturated heterocycles. The van der Waals surface area contributed by atoms with Crippen LogP contribution < -0.4 is 5.32 Å². The zero-order valence-electron chi connectivity index (χ0n) is 15.5. The summed E-state index contributed by atoms with van der Waals surface area (Å²) in [5, 5.41) is 9.64. The number of rotatable bonds is 6. The van der Waals surface area contributed by atoms with Crippen molar-refractivity contribution in [3.8, 4) is 11.1 Å². The van der Waals surface area contributed by atoms with Crippen molar-refractivity contribution in [3.63, 3.8) is 0 Å². The van der Waals surface area contributed by atoms with E-state index in [0.29, 0.717) is 17.0 Å². The van der Waals surface area contributed by atoms with Crippen LogP contribution in [0.25, 0.3) is 16.8 Å². The molecule has 1 N–H and O–H groups in total. The van der Waals surface area contributed by atoms with Crippen LogP contribution in [-0.4, -0.2) is 20.9 Å². The molecule has 9 heteroatoms. The van der Waals surface area contributed by atoms with Crippen molar-refractivity contribution >= 4 is 11.3 Å². The van der Waals surface area contributed by atoms with Gasteiger partial charge < -0.3 is 4.74 Å². The van der Waals surface area contributed by atoms with Gasteiger partial charge in [0.1, 0.15) is 12.4 Å². The third-order valence-electron chi connectivity index (χ3n) is 4.42. The second-order valence-corrected chi connectivity index (χ2v) is 6.55. The van der Waals surface area contributed by atoms with Gasteiger partial charge in [0.05, 0.1) is 6.61 Å². The fourth-order valence-electron chi connectivity index (χ4n) is 2.98. The lowest BCUT2D eigenvalue weighted by Crippen LogP contribution is -2.20. The van der Waals surface area contributed by atoms with Crippen molar-refractivity contribution in [1.82, 2.24) is 14.6 Å². The minimum atomic E-state index is -4.49. The molecule has 30 heavy (non-hydrogen) atoms. The highest BCUT2D eigenvalue weighted by molar-refractivity contribution is 5.67. The van der Waals surface area contributed by atoms with Crippen LogP contribution in [0.5, 0.6) is 0 Å². The van der Waals surface area contributed by atoms with Crippen LogP contribution in [0, 0.1) is 5.82 Å². The molecular weight excluding hydrogens is 400 g/mol. The molecule has 0 atom stereocenters. The Morgan fingerprint density at radius 3 is 2.33 bits per heavy atom. The minimum Gasteiger partial charge on any atom is -0.369 e. The molecule has 4 aromatic rings. The number of ether oxygens (including phenoxy) is 1. The Morgan fingerprint density at radius 2 is 1.60 bits per heavy atom. The van der Waals surface area contributed by atoms with Gasteiger partial charge >= 0.3 is 6.30 Å². The molecule has 0 aliphatic carbocycles. The van der Waals surface area contributed by atoms with Crippen molar-refractivity contribution in [3.05, 3.63) is 84.1 Å². The first kappa shape index (κ1) is 19.8. The van der Waals surface area contributed by atoms with Crippen LogP contribution in [0.15, 0.2) is 66.9 Å². The molecule has 0 fully saturated rings. The van der Waals surface area contributed by atoms with Gasteiger partial charge in [0.2, 0.25) is 0 Å². The largest absolute Gasteiger partial charge is 0.482 e. The zero-order valence-corrected chi connectivity index (χ0v) is 15.5. The summed E-state index contributed by atoms with van der Waals surface area (Å²) in [7, 11) is 0. The number of anilines is 1. The van der Waals surface area contributed by atoms with E-state index >= 15 is 0 Å². The molecule has 0 amide bonds. The van der Waals surface area contributed by atoms with Crippen LogP contribution >= 0.6 is 0 Å². The molecule has 4 rings (SSSR count). The summed E-state index contributed by atoms with van der Waals surface area (Å²) in [6.07, 6.45) is -2.70. The Labute approximate surface area is 168 Å². The average molecular weight is 416 g/mol. The van der Waals surface area contributed by atoms with Crippen molar-refractivity contribution < 1.29 is 22.3 Å². The van der Waals surface area contributed by atoms with E-state index < -0.39 is 6.30 Å². The Bertz CT molecular complexity index is 1160. The van der Waals surface area contributed by atoms with Gasteiger partial charge in [-0.2, -0.15) is 13.2 Å². The fraction of sp³-hybridized carbons (Fsp3) is 0.143. The first-order valence-corrected chi connectivity index (χ1v) is 8.99. The van der Waals surface area contributed by atoms with Gasteiger partial charge in [-0.05, 0) is 41.5 Å². The monoisotopic (exact) mass is 416 g/mol. The van der Waals surface area contributed by atoms with E-state index in [-0.39, 0.29) is 24.7 Å². The van der Waals surface area contributed by atoms with Crippen molar-refractivity contribution in [1.29, 1.82) is 0 Å². The van der Waals surface area contributed by atoms with E-state index in [4.69, 9.17) is 4.74 Å². The summed E-state index contributed by atoms with van der Waals surface area (Å²) < 4.78 is 58.3. The molecule has 0 spiro atoms. The predicted octanol–water partition coefficient (Wildman–Crippen LogP) is 5.18. The number of hydrogen-bond acceptors (Lipinski definition) is 4. The van der Waals surface area contributed by atoms with Gasteiger partial charge in [-0.1, -0.05) is 30.3 Å². The van der Waals surface area contributed by atoms with Crippen LogP contribution in [0.2, 0.25) is 0 Å². The highest BCUT2D eigenvalue weighted by Crippen LogP contribution is 2.25. The standard InChI is InChI=1S/C21H16F4N4O/c22-18-4-2-1-3-16(18)12-30-13-20-28-27-19-10-7-15(11-29(19)20)14-5-8-17(9-6-14)26-21(23,24)25/h1-11,26H,12-13H2. The van der Waals surface area contributed by atoms with Gasteiger partial charge in [-0.25, -0.2) is 4.39 Å². The summed E-state index contributed by atoms with van der Waals surface area (Å²) in [6, 6.07) is 15.8. The van der Waals surface area contributed by atoms with Gasteiger partial charge in [-0.3, -0.25) is 9.72 Å². The average Bonchev–Trinajstić information content (AvgIpc) is 3.11. The number of nitrogens with zero attached hydrogens (tertiary/aromatic N) is 3. The summed E-state index contributed by atoms with van der Waals surface area (Å²) >= 11 is 0. The molecule has 2 aromatic heterocycles. The fourth-order valence-corrected chi connectivity index (χ4v) is 2.98. The van der Waals surface area contributed by atoms with E-state index in [1.165, 1.54) is 23.5 Å². The van der Waals surface area contributed by atoms with E-state index in [2.05, 4.69) is 10.2 Å². The second-order valence-electron chi connectivity index (χ2n) is 6.55. The summed E-state index contributed by atoms with van der Waals surface area (Å²) in [6.45, 7) is 0.211. The highest BCUT2D eigenvalue weighted by Gasteiger charge is 2.26. The Balaban J connectivity index is 1.50. The first-order valence-electron chi connectivity index (χ1n) is 8.99. The van der Waals surface area contributed by atoms with Crippen LogP contribution in [0.3, 0.4) is 0 Å². The number of halogens is 4. The molecule has 0 unspecified atom stereocenters. The topological polar surface area (TPSA) is 51.5 Å². The Kier molecular flexibility index (Phi) is 5.37. The lowest BCUT2D eigenvalue weighted by atomic mass is 10.1. The molecule has 0 bridgehead atoms. The van der Waals surface area contributed by atoms with Crippen molar-refractivity contribution in [2.24, 2.45) is 0 Å². The third kappa shape index (κ3) is 4.57. The Hall–Kier alpha value is -3.46. The molecule has 0 aliphatic heterocycles. The molecule has 0 radical (unpaired) electrons. The SMILES string of the molecule is Fc1ccccc1COCc1nnc2ccc(-c3ccc(NC(F)(F)F)cc3)cn12. The van der Waals surface area contributed by atoms with E-state index in [1.807, 2.05) is 0 Å². The number of nitrogens with one attached hydrogen (secondary N) is 1. The smallest absolute Gasteiger partial charge is 0.369 e. The first-order chi connectivity index (χ1) is 14.4. The van der Waals surface area contributed by atoms with Crippen LogP contribution in [0.1, 0.15) is 11.4 Å². The van der Waals surface area contributed by atoms with Crippen molar-refractivity contribution in [2.45, 2.75) is 19.5 Å². The molecule has 2 aromatic carbocycles.